The number of carbonyl (C=O) groups is 1. The summed E-state index contributed by atoms with van der Waals surface area (Å²) in [5.41, 5.74) is 4.19. The van der Waals surface area contributed by atoms with E-state index < -0.39 is 11.9 Å². The fourth-order valence-corrected chi connectivity index (χ4v) is 4.41. The molecular weight excluding hydrogens is 415 g/mol. The number of fused-ring (bicyclic) bond motifs is 1. The van der Waals surface area contributed by atoms with Gasteiger partial charge in [-0.15, -0.1) is 0 Å². The Morgan fingerprint density at radius 2 is 1.42 bits per heavy atom. The maximum absolute atomic E-state index is 13.3. The van der Waals surface area contributed by atoms with Crippen molar-refractivity contribution >= 4 is 16.9 Å². The predicted molar refractivity (Wildman–Crippen MR) is 126 cm³/mol. The molecule has 1 heterocycles. The smallest absolute Gasteiger partial charge is 0.311 e. The molecule has 5 aromatic rings. The fraction of sp³-hybridized carbons (Fsp3) is 0.0714. The molecule has 1 N–H and O–H groups in total. The van der Waals surface area contributed by atoms with Gasteiger partial charge in [-0.25, -0.2) is 9.07 Å². The maximum atomic E-state index is 13.3. The molecule has 1 aromatic heterocycles. The van der Waals surface area contributed by atoms with Gasteiger partial charge in [0.05, 0.1) is 23.3 Å². The average molecular weight is 436 g/mol. The first-order valence-electron chi connectivity index (χ1n) is 10.7. The first kappa shape index (κ1) is 20.6. The summed E-state index contributed by atoms with van der Waals surface area (Å²) in [6, 6.07) is 31.1. The number of aliphatic carboxylic acids is 1. The molecule has 4 aromatic carbocycles. The summed E-state index contributed by atoms with van der Waals surface area (Å²) in [5.74, 6) is -2.32. The van der Waals surface area contributed by atoms with E-state index in [4.69, 9.17) is 0 Å². The molecule has 0 saturated heterocycles. The number of rotatable bonds is 6. The molecule has 0 bridgehead atoms. The molecule has 5 heteroatoms. The lowest BCUT2D eigenvalue weighted by Crippen LogP contribution is -2.21. The van der Waals surface area contributed by atoms with E-state index in [2.05, 4.69) is 5.10 Å². The summed E-state index contributed by atoms with van der Waals surface area (Å²) in [4.78, 5) is 12.5. The first-order valence-corrected chi connectivity index (χ1v) is 10.7. The van der Waals surface area contributed by atoms with Crippen LogP contribution in [0.4, 0.5) is 4.39 Å². The molecule has 0 aliphatic heterocycles. The van der Waals surface area contributed by atoms with Gasteiger partial charge in [0.15, 0.2) is 0 Å². The van der Waals surface area contributed by atoms with Crippen molar-refractivity contribution in [2.75, 3.05) is 0 Å². The molecule has 0 fully saturated rings. The van der Waals surface area contributed by atoms with Crippen LogP contribution in [0.15, 0.2) is 109 Å². The molecule has 0 spiro atoms. The largest absolute Gasteiger partial charge is 0.481 e. The quantitative estimate of drug-likeness (QED) is 0.347. The normalized spacial score (nSPS) is 13.0. The van der Waals surface area contributed by atoms with Crippen molar-refractivity contribution in [3.63, 3.8) is 0 Å². The summed E-state index contributed by atoms with van der Waals surface area (Å²) in [6.07, 6.45) is 1.75. The maximum Gasteiger partial charge on any atom is 0.311 e. The minimum atomic E-state index is -0.878. The number of benzene rings is 4. The lowest BCUT2D eigenvalue weighted by molar-refractivity contribution is -0.139. The molecule has 4 nitrogen and oxygen atoms in total. The van der Waals surface area contributed by atoms with Gasteiger partial charge < -0.3 is 5.11 Å². The second-order valence-electron chi connectivity index (χ2n) is 7.97. The van der Waals surface area contributed by atoms with Crippen LogP contribution < -0.4 is 0 Å². The van der Waals surface area contributed by atoms with Gasteiger partial charge in [-0.3, -0.25) is 4.79 Å². The van der Waals surface area contributed by atoms with Crippen LogP contribution in [0, 0.1) is 5.82 Å². The Morgan fingerprint density at radius 1 is 0.788 bits per heavy atom. The SMILES string of the molecule is O=C(O)C(c1ccccc1)C(c1ccccc1)c1ccc2c(cnn2-c2ccc(F)cc2)c1. The number of carboxylic acid groups (broad SMARTS) is 1. The minimum Gasteiger partial charge on any atom is -0.481 e. The summed E-state index contributed by atoms with van der Waals surface area (Å²) in [5, 5.41) is 15.6. The van der Waals surface area contributed by atoms with Gasteiger partial charge in [0.25, 0.3) is 0 Å². The van der Waals surface area contributed by atoms with Crippen LogP contribution in [0.3, 0.4) is 0 Å². The van der Waals surface area contributed by atoms with Gasteiger partial charge in [-0.05, 0) is 53.1 Å². The third-order valence-electron chi connectivity index (χ3n) is 5.94. The molecular formula is C28H21FN2O2. The zero-order valence-electron chi connectivity index (χ0n) is 17.7. The molecule has 0 aliphatic carbocycles. The monoisotopic (exact) mass is 436 g/mol. The molecule has 2 unspecified atom stereocenters. The molecule has 0 amide bonds. The van der Waals surface area contributed by atoms with E-state index in [1.54, 1.807) is 23.0 Å². The van der Waals surface area contributed by atoms with E-state index in [0.717, 1.165) is 33.3 Å². The van der Waals surface area contributed by atoms with Crippen LogP contribution in [0.1, 0.15) is 28.5 Å². The first-order chi connectivity index (χ1) is 16.1. The van der Waals surface area contributed by atoms with Gasteiger partial charge in [0.2, 0.25) is 0 Å². The van der Waals surface area contributed by atoms with E-state index in [9.17, 15) is 14.3 Å². The summed E-state index contributed by atoms with van der Waals surface area (Å²) < 4.78 is 15.1. The Labute approximate surface area is 190 Å². The molecule has 162 valence electrons. The molecule has 0 radical (unpaired) electrons. The van der Waals surface area contributed by atoms with Crippen molar-refractivity contribution in [3.05, 3.63) is 132 Å². The van der Waals surface area contributed by atoms with Gasteiger partial charge in [0.1, 0.15) is 5.82 Å². The van der Waals surface area contributed by atoms with Crippen molar-refractivity contribution in [3.8, 4) is 5.69 Å². The van der Waals surface area contributed by atoms with E-state index in [1.807, 2.05) is 78.9 Å². The number of nitrogens with zero attached hydrogens (tertiary/aromatic N) is 2. The van der Waals surface area contributed by atoms with E-state index in [-0.39, 0.29) is 11.7 Å². The molecule has 5 rings (SSSR count). The van der Waals surface area contributed by atoms with E-state index in [0.29, 0.717) is 0 Å². The highest BCUT2D eigenvalue weighted by atomic mass is 19.1. The highest BCUT2D eigenvalue weighted by Gasteiger charge is 2.32. The third-order valence-corrected chi connectivity index (χ3v) is 5.94. The van der Waals surface area contributed by atoms with Crippen LogP contribution in [-0.2, 0) is 4.79 Å². The van der Waals surface area contributed by atoms with Gasteiger partial charge in [-0.2, -0.15) is 5.10 Å². The summed E-state index contributed by atoms with van der Waals surface area (Å²) in [7, 11) is 0. The second-order valence-corrected chi connectivity index (χ2v) is 7.97. The van der Waals surface area contributed by atoms with Crippen molar-refractivity contribution < 1.29 is 14.3 Å². The average Bonchev–Trinajstić information content (AvgIpc) is 3.27. The Kier molecular flexibility index (Phi) is 5.45. The predicted octanol–water partition coefficient (Wildman–Crippen LogP) is 6.16. The number of halogens is 1. The van der Waals surface area contributed by atoms with Crippen molar-refractivity contribution in [1.82, 2.24) is 9.78 Å². The van der Waals surface area contributed by atoms with Gasteiger partial charge in [0, 0.05) is 11.3 Å². The standard InChI is InChI=1S/C28H21FN2O2/c29-23-12-14-24(15-13-23)31-25-16-11-21(17-22(25)18-30-31)26(19-7-3-1-4-8-19)27(28(32)33)20-9-5-2-6-10-20/h1-18,26-27H,(H,32,33). The van der Waals surface area contributed by atoms with Crippen molar-refractivity contribution in [2.45, 2.75) is 11.8 Å². The number of hydrogen-bond acceptors (Lipinski definition) is 2. The number of carboxylic acids is 1. The minimum absolute atomic E-state index is 0.302. The molecule has 0 saturated carbocycles. The Bertz CT molecular complexity index is 1400. The van der Waals surface area contributed by atoms with Gasteiger partial charge >= 0.3 is 5.97 Å². The lowest BCUT2D eigenvalue weighted by atomic mass is 9.77. The third kappa shape index (κ3) is 4.01. The highest BCUT2D eigenvalue weighted by molar-refractivity contribution is 5.83. The lowest BCUT2D eigenvalue weighted by Gasteiger charge is -2.26. The van der Waals surface area contributed by atoms with E-state index >= 15 is 0 Å². The number of aromatic nitrogens is 2. The van der Waals surface area contributed by atoms with Crippen LogP contribution in [0.5, 0.6) is 0 Å². The van der Waals surface area contributed by atoms with Gasteiger partial charge in [-0.1, -0.05) is 66.7 Å². The second kappa shape index (κ2) is 8.71. The number of hydrogen-bond donors (Lipinski definition) is 1. The van der Waals surface area contributed by atoms with E-state index in [1.165, 1.54) is 12.1 Å². The van der Waals surface area contributed by atoms with Crippen molar-refractivity contribution in [2.24, 2.45) is 0 Å². The summed E-state index contributed by atoms with van der Waals surface area (Å²) in [6.45, 7) is 0. The fourth-order valence-electron chi connectivity index (χ4n) is 4.41. The Hall–Kier alpha value is -4.25. The van der Waals surface area contributed by atoms with Crippen molar-refractivity contribution in [1.29, 1.82) is 0 Å². The summed E-state index contributed by atoms with van der Waals surface area (Å²) >= 11 is 0. The Morgan fingerprint density at radius 3 is 2.06 bits per heavy atom. The zero-order valence-corrected chi connectivity index (χ0v) is 17.7. The highest BCUT2D eigenvalue weighted by Crippen LogP contribution is 2.39. The topological polar surface area (TPSA) is 55.1 Å². The van der Waals surface area contributed by atoms with Crippen LogP contribution in [0.25, 0.3) is 16.6 Å². The zero-order chi connectivity index (χ0) is 22.8. The molecule has 2 atom stereocenters. The molecule has 0 aliphatic rings. The Balaban J connectivity index is 1.64. The van der Waals surface area contributed by atoms with Crippen LogP contribution in [-0.4, -0.2) is 20.9 Å². The van der Waals surface area contributed by atoms with Crippen LogP contribution >= 0.6 is 0 Å². The molecule has 33 heavy (non-hydrogen) atoms. The van der Waals surface area contributed by atoms with Crippen LogP contribution in [0.2, 0.25) is 0 Å².